The number of hydrogen-bond acceptors (Lipinski definition) is 5. The zero-order valence-electron chi connectivity index (χ0n) is 29.6. The topological polar surface area (TPSA) is 90.4 Å². The van der Waals surface area contributed by atoms with E-state index in [0.717, 1.165) is 6.42 Å². The normalized spacial score (nSPS) is 30.1. The first-order valence-corrected chi connectivity index (χ1v) is 17.0. The van der Waals surface area contributed by atoms with E-state index in [1.54, 1.807) is 22.0 Å². The predicted molar refractivity (Wildman–Crippen MR) is 183 cm³/mol. The molecule has 1 spiro atoms. The van der Waals surface area contributed by atoms with Gasteiger partial charge in [-0.25, -0.2) is 0 Å². The van der Waals surface area contributed by atoms with Gasteiger partial charge < -0.3 is 24.5 Å². The number of benzene rings is 1. The number of hydrogen-bond donors (Lipinski definition) is 1. The SMILES string of the molecule is C=CCN(C(=O)[C@H]1[C@H]2C(=O)N([C@@H](CO)[C@@H](C)CC)C(C(=O)N(CC=C)C(C)(C)CC(C)(C)C)C23CC(C)[C@]1(C)O3)c1ccccc1. The molecular weight excluding hydrogens is 578 g/mol. The number of carbonyl (C=O) groups excluding carboxylic acids is 3. The van der Waals surface area contributed by atoms with Gasteiger partial charge in [0, 0.05) is 24.3 Å². The van der Waals surface area contributed by atoms with Crippen LogP contribution in [0.5, 0.6) is 0 Å². The van der Waals surface area contributed by atoms with Crippen LogP contribution in [-0.4, -0.2) is 81.1 Å². The molecule has 0 saturated carbocycles. The Morgan fingerprint density at radius 2 is 1.72 bits per heavy atom. The fraction of sp³-hybridized carbons (Fsp3) is 0.658. The molecule has 46 heavy (non-hydrogen) atoms. The summed E-state index contributed by atoms with van der Waals surface area (Å²) in [5.41, 5.74) is -2.13. The Labute approximate surface area is 276 Å². The molecule has 1 aromatic carbocycles. The maximum Gasteiger partial charge on any atom is 0.249 e. The van der Waals surface area contributed by atoms with Crippen LogP contribution in [0.1, 0.15) is 81.6 Å². The minimum atomic E-state index is -1.22. The van der Waals surface area contributed by atoms with E-state index in [2.05, 4.69) is 54.7 Å². The third-order valence-electron chi connectivity index (χ3n) is 11.0. The lowest BCUT2D eigenvalue weighted by Gasteiger charge is -2.47. The number of aliphatic hydroxyl groups is 1. The monoisotopic (exact) mass is 635 g/mol. The second-order valence-electron chi connectivity index (χ2n) is 15.9. The number of carbonyl (C=O) groups is 3. The standard InChI is InChI=1S/C38H57N3O5/c1-12-20-39(27-18-16-15-17-19-27)32(43)29-30-33(44)41(28(23-42)25(4)14-3)31(38(30)22-26(5)37(29,11)46-38)34(45)40(21-13-2)36(9,10)24-35(6,7)8/h12-13,15-19,25-26,28-31,42H,1-2,14,20-24H2,3-11H3/t25-,26?,28-,29+,30-,31?,37-,38?/m0/s1. The predicted octanol–water partition coefficient (Wildman–Crippen LogP) is 5.85. The molecule has 3 aliphatic rings. The van der Waals surface area contributed by atoms with E-state index >= 15 is 4.79 Å². The number of fused-ring (bicyclic) bond motifs is 1. The number of nitrogens with zero attached hydrogens (tertiary/aromatic N) is 3. The Kier molecular flexibility index (Phi) is 10.1. The van der Waals surface area contributed by atoms with Crippen molar-refractivity contribution in [2.75, 3.05) is 24.6 Å². The summed E-state index contributed by atoms with van der Waals surface area (Å²) in [6.45, 7) is 26.7. The Hall–Kier alpha value is -2.97. The molecule has 1 aromatic rings. The molecule has 8 nitrogen and oxygen atoms in total. The fourth-order valence-electron chi connectivity index (χ4n) is 9.04. The number of ether oxygens (including phenoxy) is 1. The van der Waals surface area contributed by atoms with E-state index in [9.17, 15) is 14.7 Å². The molecule has 8 atom stereocenters. The van der Waals surface area contributed by atoms with Crippen molar-refractivity contribution in [1.29, 1.82) is 0 Å². The molecule has 1 N–H and O–H groups in total. The molecule has 3 fully saturated rings. The van der Waals surface area contributed by atoms with Crippen molar-refractivity contribution in [2.45, 2.75) is 110 Å². The smallest absolute Gasteiger partial charge is 0.249 e. The minimum Gasteiger partial charge on any atom is -0.394 e. The molecule has 0 radical (unpaired) electrons. The van der Waals surface area contributed by atoms with Gasteiger partial charge >= 0.3 is 0 Å². The summed E-state index contributed by atoms with van der Waals surface area (Å²) in [6.07, 6.45) is 5.30. The second kappa shape index (κ2) is 12.9. The van der Waals surface area contributed by atoms with Crippen LogP contribution in [0.4, 0.5) is 5.69 Å². The van der Waals surface area contributed by atoms with Crippen molar-refractivity contribution in [1.82, 2.24) is 9.80 Å². The van der Waals surface area contributed by atoms with Gasteiger partial charge in [-0.15, -0.1) is 13.2 Å². The van der Waals surface area contributed by atoms with Crippen LogP contribution in [0.3, 0.4) is 0 Å². The highest BCUT2D eigenvalue weighted by atomic mass is 16.5. The third kappa shape index (κ3) is 5.85. The molecule has 0 aliphatic carbocycles. The van der Waals surface area contributed by atoms with Crippen LogP contribution in [0.15, 0.2) is 55.6 Å². The average Bonchev–Trinajstić information content (AvgIpc) is 3.50. The molecular formula is C38H57N3O5. The van der Waals surface area contributed by atoms with Crippen molar-refractivity contribution >= 4 is 23.4 Å². The lowest BCUT2D eigenvalue weighted by Crippen LogP contribution is -2.63. The van der Waals surface area contributed by atoms with Gasteiger partial charge in [-0.3, -0.25) is 14.4 Å². The second-order valence-corrected chi connectivity index (χ2v) is 15.9. The van der Waals surface area contributed by atoms with Crippen LogP contribution in [0, 0.1) is 29.1 Å². The van der Waals surface area contributed by atoms with Crippen molar-refractivity contribution < 1.29 is 24.2 Å². The number of aliphatic hydroxyl groups excluding tert-OH is 1. The third-order valence-corrected chi connectivity index (χ3v) is 11.0. The number of para-hydroxylation sites is 1. The van der Waals surface area contributed by atoms with Gasteiger partial charge in [-0.1, -0.05) is 78.3 Å². The van der Waals surface area contributed by atoms with Crippen molar-refractivity contribution in [3.05, 3.63) is 55.6 Å². The van der Waals surface area contributed by atoms with Crippen LogP contribution < -0.4 is 4.90 Å². The Morgan fingerprint density at radius 1 is 1.11 bits per heavy atom. The van der Waals surface area contributed by atoms with E-state index in [-0.39, 0.29) is 48.1 Å². The highest BCUT2D eigenvalue weighted by Crippen LogP contribution is 2.66. The largest absolute Gasteiger partial charge is 0.394 e. The molecule has 2 bridgehead atoms. The molecule has 3 unspecified atom stereocenters. The fourth-order valence-corrected chi connectivity index (χ4v) is 9.04. The Balaban J connectivity index is 1.92. The summed E-state index contributed by atoms with van der Waals surface area (Å²) in [4.78, 5) is 50.2. The van der Waals surface area contributed by atoms with Crippen molar-refractivity contribution in [3.8, 4) is 0 Å². The molecule has 4 rings (SSSR count). The Bertz CT molecular complexity index is 1320. The quantitative estimate of drug-likeness (QED) is 0.275. The summed E-state index contributed by atoms with van der Waals surface area (Å²) >= 11 is 0. The van der Waals surface area contributed by atoms with Crippen LogP contribution in [0.25, 0.3) is 0 Å². The van der Waals surface area contributed by atoms with Gasteiger partial charge in [0.1, 0.15) is 11.6 Å². The zero-order chi connectivity index (χ0) is 34.4. The van der Waals surface area contributed by atoms with E-state index in [4.69, 9.17) is 4.74 Å². The molecule has 0 aromatic heterocycles. The number of likely N-dealkylation sites (tertiary alicyclic amines) is 1. The first-order valence-electron chi connectivity index (χ1n) is 17.0. The molecule has 3 heterocycles. The van der Waals surface area contributed by atoms with Gasteiger partial charge in [0.15, 0.2) is 0 Å². The lowest BCUT2D eigenvalue weighted by molar-refractivity contribution is -0.160. The number of amides is 3. The summed E-state index contributed by atoms with van der Waals surface area (Å²) in [6, 6.07) is 7.80. The van der Waals surface area contributed by atoms with E-state index < -0.39 is 40.7 Å². The lowest BCUT2D eigenvalue weighted by atomic mass is 9.62. The molecule has 8 heteroatoms. The minimum absolute atomic E-state index is 0.0760. The van der Waals surface area contributed by atoms with Crippen molar-refractivity contribution in [2.24, 2.45) is 29.1 Å². The molecule has 254 valence electrons. The van der Waals surface area contributed by atoms with Crippen molar-refractivity contribution in [3.63, 3.8) is 0 Å². The van der Waals surface area contributed by atoms with Gasteiger partial charge in [0.2, 0.25) is 17.7 Å². The van der Waals surface area contributed by atoms with E-state index in [1.165, 1.54) is 0 Å². The van der Waals surface area contributed by atoms with Crippen LogP contribution in [-0.2, 0) is 19.1 Å². The summed E-state index contributed by atoms with van der Waals surface area (Å²) < 4.78 is 7.08. The van der Waals surface area contributed by atoms with Gasteiger partial charge in [-0.05, 0) is 63.0 Å². The molecule has 3 amide bonds. The molecule has 3 aliphatic heterocycles. The number of rotatable bonds is 13. The van der Waals surface area contributed by atoms with E-state index in [1.807, 2.05) is 56.0 Å². The maximum atomic E-state index is 15.2. The van der Waals surface area contributed by atoms with Crippen LogP contribution >= 0.6 is 0 Å². The van der Waals surface area contributed by atoms with E-state index in [0.29, 0.717) is 25.1 Å². The highest BCUT2D eigenvalue weighted by molar-refractivity contribution is 6.03. The van der Waals surface area contributed by atoms with Gasteiger partial charge in [0.05, 0.1) is 30.1 Å². The van der Waals surface area contributed by atoms with Gasteiger partial charge in [0.25, 0.3) is 0 Å². The summed E-state index contributed by atoms with van der Waals surface area (Å²) in [7, 11) is 0. The van der Waals surface area contributed by atoms with Crippen LogP contribution in [0.2, 0.25) is 0 Å². The summed E-state index contributed by atoms with van der Waals surface area (Å²) in [5, 5.41) is 10.8. The number of anilines is 1. The first-order chi connectivity index (χ1) is 21.5. The average molecular weight is 636 g/mol. The zero-order valence-corrected chi connectivity index (χ0v) is 29.6. The first kappa shape index (κ1) is 35.9. The maximum absolute atomic E-state index is 15.2. The van der Waals surface area contributed by atoms with Gasteiger partial charge in [-0.2, -0.15) is 0 Å². The molecule has 3 saturated heterocycles. The Morgan fingerprint density at radius 3 is 2.24 bits per heavy atom. The summed E-state index contributed by atoms with van der Waals surface area (Å²) in [5.74, 6) is -2.61. The highest BCUT2D eigenvalue weighted by Gasteiger charge is 2.81.